The Labute approximate surface area is 169 Å². The summed E-state index contributed by atoms with van der Waals surface area (Å²) in [5, 5.41) is 6.86. The van der Waals surface area contributed by atoms with E-state index >= 15 is 0 Å². The highest BCUT2D eigenvalue weighted by atomic mass is 16.5. The van der Waals surface area contributed by atoms with E-state index in [4.69, 9.17) is 4.74 Å². The van der Waals surface area contributed by atoms with Crippen molar-refractivity contribution in [3.05, 3.63) is 66.4 Å². The Balaban J connectivity index is 1.49. The third-order valence-corrected chi connectivity index (χ3v) is 5.02. The van der Waals surface area contributed by atoms with Crippen LogP contribution in [0.25, 0.3) is 10.9 Å². The van der Waals surface area contributed by atoms with E-state index in [9.17, 15) is 9.59 Å². The van der Waals surface area contributed by atoms with E-state index < -0.39 is 6.04 Å². The van der Waals surface area contributed by atoms with Crippen molar-refractivity contribution in [2.75, 3.05) is 31.6 Å². The molecule has 0 bridgehead atoms. The number of anilines is 1. The molecular weight excluding hydrogens is 368 g/mol. The van der Waals surface area contributed by atoms with Crippen LogP contribution >= 0.6 is 0 Å². The first-order valence-electron chi connectivity index (χ1n) is 9.74. The summed E-state index contributed by atoms with van der Waals surface area (Å²) in [6.07, 6.45) is 2.27. The van der Waals surface area contributed by atoms with Crippen LogP contribution in [0.1, 0.15) is 5.56 Å². The van der Waals surface area contributed by atoms with Crippen LogP contribution in [0.5, 0.6) is 0 Å². The molecule has 0 spiro atoms. The van der Waals surface area contributed by atoms with Gasteiger partial charge >= 0.3 is 6.03 Å². The Kier molecular flexibility index (Phi) is 5.76. The number of hydrogen-bond acceptors (Lipinski definition) is 3. The fourth-order valence-electron chi connectivity index (χ4n) is 3.43. The van der Waals surface area contributed by atoms with Gasteiger partial charge in [0, 0.05) is 42.3 Å². The number of fused-ring (bicyclic) bond motifs is 1. The van der Waals surface area contributed by atoms with Gasteiger partial charge in [-0.25, -0.2) is 4.79 Å². The Morgan fingerprint density at radius 1 is 1.07 bits per heavy atom. The van der Waals surface area contributed by atoms with Crippen LogP contribution in [0.15, 0.2) is 60.8 Å². The lowest BCUT2D eigenvalue weighted by Crippen LogP contribution is -2.53. The molecule has 0 aliphatic carbocycles. The molecule has 0 saturated carbocycles. The number of aromatic nitrogens is 1. The van der Waals surface area contributed by atoms with E-state index in [0.29, 0.717) is 38.4 Å². The lowest BCUT2D eigenvalue weighted by molar-refractivity contribution is -0.118. The van der Waals surface area contributed by atoms with Crippen molar-refractivity contribution >= 4 is 28.5 Å². The molecule has 1 saturated heterocycles. The zero-order chi connectivity index (χ0) is 20.1. The Bertz CT molecular complexity index is 980. The average molecular weight is 392 g/mol. The van der Waals surface area contributed by atoms with E-state index in [1.807, 2.05) is 60.8 Å². The second-order valence-electron chi connectivity index (χ2n) is 7.06. The van der Waals surface area contributed by atoms with Crippen molar-refractivity contribution in [2.24, 2.45) is 0 Å². The quantitative estimate of drug-likeness (QED) is 0.624. The maximum absolute atomic E-state index is 13.0. The minimum atomic E-state index is -0.685. The van der Waals surface area contributed by atoms with Gasteiger partial charge in [0.15, 0.2) is 0 Å². The number of benzene rings is 2. The van der Waals surface area contributed by atoms with Gasteiger partial charge in [-0.15, -0.1) is 0 Å². The molecule has 1 aliphatic rings. The number of amides is 3. The second-order valence-corrected chi connectivity index (χ2v) is 7.06. The summed E-state index contributed by atoms with van der Waals surface area (Å²) >= 11 is 0. The zero-order valence-electron chi connectivity index (χ0n) is 16.1. The highest BCUT2D eigenvalue weighted by Gasteiger charge is 2.25. The van der Waals surface area contributed by atoms with Crippen molar-refractivity contribution in [1.29, 1.82) is 0 Å². The third-order valence-electron chi connectivity index (χ3n) is 5.02. The van der Waals surface area contributed by atoms with E-state index in [0.717, 1.165) is 16.5 Å². The first-order valence-corrected chi connectivity index (χ1v) is 9.74. The predicted molar refractivity (Wildman–Crippen MR) is 112 cm³/mol. The van der Waals surface area contributed by atoms with Crippen LogP contribution in [0.4, 0.5) is 10.5 Å². The summed E-state index contributed by atoms with van der Waals surface area (Å²) in [7, 11) is 0. The molecule has 1 fully saturated rings. The van der Waals surface area contributed by atoms with Gasteiger partial charge in [0.2, 0.25) is 5.91 Å². The van der Waals surface area contributed by atoms with Crippen LogP contribution in [-0.2, 0) is 16.0 Å². The number of morpholine rings is 1. The molecule has 1 aromatic heterocycles. The topological polar surface area (TPSA) is 86.5 Å². The smallest absolute Gasteiger partial charge is 0.318 e. The van der Waals surface area contributed by atoms with Gasteiger partial charge in [0.05, 0.1) is 13.2 Å². The molecule has 3 amide bonds. The highest BCUT2D eigenvalue weighted by molar-refractivity contribution is 5.98. The fourth-order valence-corrected chi connectivity index (χ4v) is 3.43. The van der Waals surface area contributed by atoms with E-state index in [1.165, 1.54) is 0 Å². The summed E-state index contributed by atoms with van der Waals surface area (Å²) in [4.78, 5) is 30.5. The van der Waals surface area contributed by atoms with Crippen LogP contribution in [-0.4, -0.2) is 54.2 Å². The Morgan fingerprint density at radius 2 is 1.86 bits per heavy atom. The average Bonchev–Trinajstić information content (AvgIpc) is 3.22. The summed E-state index contributed by atoms with van der Waals surface area (Å²) in [5.74, 6) is -0.245. The molecule has 3 N–H and O–H groups in total. The third kappa shape index (κ3) is 4.75. The van der Waals surface area contributed by atoms with Gasteiger partial charge in [-0.05, 0) is 29.8 Å². The lowest BCUT2D eigenvalue weighted by Gasteiger charge is -2.29. The van der Waals surface area contributed by atoms with Crippen molar-refractivity contribution < 1.29 is 14.3 Å². The largest absolute Gasteiger partial charge is 0.378 e. The molecule has 1 unspecified atom stereocenters. The maximum atomic E-state index is 13.0. The molecule has 0 radical (unpaired) electrons. The SMILES string of the molecule is O=C(Nc1ccc2[nH]ccc2c1)C(Cc1ccccc1)NC(=O)N1CCOCC1. The standard InChI is InChI=1S/C22H24N4O3/c27-21(24-18-6-7-19-17(15-18)8-9-23-19)20(14-16-4-2-1-3-5-16)25-22(28)26-10-12-29-13-11-26/h1-9,15,20,23H,10-14H2,(H,24,27)(H,25,28). The molecule has 1 aliphatic heterocycles. The lowest BCUT2D eigenvalue weighted by atomic mass is 10.1. The number of H-pyrrole nitrogens is 1. The number of ether oxygens (including phenoxy) is 1. The number of carbonyl (C=O) groups is 2. The molecular formula is C22H24N4O3. The number of nitrogens with zero attached hydrogens (tertiary/aromatic N) is 1. The molecule has 29 heavy (non-hydrogen) atoms. The fraction of sp³-hybridized carbons (Fsp3) is 0.273. The number of rotatable bonds is 5. The normalized spacial score (nSPS) is 15.1. The van der Waals surface area contributed by atoms with Crippen molar-refractivity contribution in [3.8, 4) is 0 Å². The summed E-state index contributed by atoms with van der Waals surface area (Å²) in [5.41, 5.74) is 2.68. The van der Waals surface area contributed by atoms with Gasteiger partial charge in [0.1, 0.15) is 6.04 Å². The van der Waals surface area contributed by atoms with E-state index in [1.54, 1.807) is 4.90 Å². The van der Waals surface area contributed by atoms with Crippen molar-refractivity contribution in [1.82, 2.24) is 15.2 Å². The van der Waals surface area contributed by atoms with Gasteiger partial charge in [-0.1, -0.05) is 30.3 Å². The highest BCUT2D eigenvalue weighted by Crippen LogP contribution is 2.18. The Morgan fingerprint density at radius 3 is 2.66 bits per heavy atom. The molecule has 2 heterocycles. The van der Waals surface area contributed by atoms with Crippen LogP contribution in [0, 0.1) is 0 Å². The van der Waals surface area contributed by atoms with Crippen LogP contribution in [0.3, 0.4) is 0 Å². The number of nitrogens with one attached hydrogen (secondary N) is 3. The molecule has 3 aromatic rings. The minimum Gasteiger partial charge on any atom is -0.378 e. The second kappa shape index (κ2) is 8.79. The predicted octanol–water partition coefficient (Wildman–Crippen LogP) is 2.76. The van der Waals surface area contributed by atoms with E-state index in [-0.39, 0.29) is 11.9 Å². The first-order chi connectivity index (χ1) is 14.2. The first kappa shape index (κ1) is 19.0. The number of aromatic amines is 1. The van der Waals surface area contributed by atoms with Gasteiger partial charge in [-0.3, -0.25) is 4.79 Å². The van der Waals surface area contributed by atoms with Gasteiger partial charge in [-0.2, -0.15) is 0 Å². The van der Waals surface area contributed by atoms with Gasteiger partial charge < -0.3 is 25.3 Å². The summed E-state index contributed by atoms with van der Waals surface area (Å²) in [6.45, 7) is 2.07. The molecule has 7 nitrogen and oxygen atoms in total. The summed E-state index contributed by atoms with van der Waals surface area (Å²) in [6, 6.07) is 16.4. The van der Waals surface area contributed by atoms with Crippen molar-refractivity contribution in [3.63, 3.8) is 0 Å². The molecule has 4 rings (SSSR count). The van der Waals surface area contributed by atoms with Crippen LogP contribution < -0.4 is 10.6 Å². The molecule has 1 atom stereocenters. The zero-order valence-corrected chi connectivity index (χ0v) is 16.1. The summed E-state index contributed by atoms with van der Waals surface area (Å²) < 4.78 is 5.30. The van der Waals surface area contributed by atoms with Crippen LogP contribution in [0.2, 0.25) is 0 Å². The number of hydrogen-bond donors (Lipinski definition) is 3. The maximum Gasteiger partial charge on any atom is 0.318 e. The number of carbonyl (C=O) groups excluding carboxylic acids is 2. The molecule has 7 heteroatoms. The Hall–Kier alpha value is -3.32. The minimum absolute atomic E-state index is 0.245. The molecule has 150 valence electrons. The molecule has 2 aromatic carbocycles. The monoisotopic (exact) mass is 392 g/mol. The van der Waals surface area contributed by atoms with Crippen molar-refractivity contribution in [2.45, 2.75) is 12.5 Å². The van der Waals surface area contributed by atoms with E-state index in [2.05, 4.69) is 15.6 Å². The number of urea groups is 1. The van der Waals surface area contributed by atoms with Gasteiger partial charge in [0.25, 0.3) is 0 Å².